The molecule has 2 saturated heterocycles. The highest BCUT2D eigenvalue weighted by molar-refractivity contribution is 5.18. The van der Waals surface area contributed by atoms with Crippen LogP contribution in [0, 0.1) is 11.8 Å². The largest absolute Gasteiger partial charge is 0.375 e. The van der Waals surface area contributed by atoms with Crippen LogP contribution in [0.3, 0.4) is 0 Å². The van der Waals surface area contributed by atoms with E-state index in [4.69, 9.17) is 4.74 Å². The number of aliphatic hydroxyl groups is 1. The fraction of sp³-hybridized carbons (Fsp3) is 0.800. The SMILES string of the molecule is CC#CC1(O)CCC2CCC1O2. The smallest absolute Gasteiger partial charge is 0.151 e. The number of fused-ring (bicyclic) bond motifs is 2. The summed E-state index contributed by atoms with van der Waals surface area (Å²) in [5, 5.41) is 10.1. The molecule has 3 atom stereocenters. The van der Waals surface area contributed by atoms with Gasteiger partial charge in [0.05, 0.1) is 12.2 Å². The maximum atomic E-state index is 10.1. The molecule has 2 heteroatoms. The topological polar surface area (TPSA) is 29.5 Å². The molecule has 0 aromatic heterocycles. The second kappa shape index (κ2) is 2.76. The van der Waals surface area contributed by atoms with Crippen LogP contribution in [0.4, 0.5) is 0 Å². The van der Waals surface area contributed by atoms with Crippen LogP contribution in [0.25, 0.3) is 0 Å². The number of hydrogen-bond donors (Lipinski definition) is 1. The lowest BCUT2D eigenvalue weighted by Gasteiger charge is -2.33. The van der Waals surface area contributed by atoms with E-state index in [2.05, 4.69) is 11.8 Å². The molecule has 2 aliphatic rings. The molecule has 0 radical (unpaired) electrons. The van der Waals surface area contributed by atoms with E-state index in [1.165, 1.54) is 0 Å². The van der Waals surface area contributed by atoms with E-state index in [0.717, 1.165) is 25.7 Å². The molecule has 2 fully saturated rings. The summed E-state index contributed by atoms with van der Waals surface area (Å²) in [6, 6.07) is 0. The fourth-order valence-corrected chi connectivity index (χ4v) is 2.17. The molecule has 3 unspecified atom stereocenters. The molecule has 2 nitrogen and oxygen atoms in total. The van der Waals surface area contributed by atoms with Crippen molar-refractivity contribution in [3.8, 4) is 11.8 Å². The zero-order valence-corrected chi connectivity index (χ0v) is 7.34. The third-order valence-corrected chi connectivity index (χ3v) is 2.83. The van der Waals surface area contributed by atoms with Crippen LogP contribution < -0.4 is 0 Å². The van der Waals surface area contributed by atoms with Gasteiger partial charge >= 0.3 is 0 Å². The molecule has 0 aliphatic carbocycles. The Morgan fingerprint density at radius 1 is 1.42 bits per heavy atom. The van der Waals surface area contributed by atoms with E-state index >= 15 is 0 Å². The van der Waals surface area contributed by atoms with Crippen LogP contribution in [0.1, 0.15) is 32.6 Å². The highest BCUT2D eigenvalue weighted by atomic mass is 16.5. The Labute approximate surface area is 72.9 Å². The van der Waals surface area contributed by atoms with Crippen LogP contribution in [0.5, 0.6) is 0 Å². The van der Waals surface area contributed by atoms with Crippen molar-refractivity contribution in [3.05, 3.63) is 0 Å². The number of hydrogen-bond acceptors (Lipinski definition) is 2. The van der Waals surface area contributed by atoms with E-state index in [-0.39, 0.29) is 6.10 Å². The van der Waals surface area contributed by atoms with Gasteiger partial charge in [-0.1, -0.05) is 5.92 Å². The van der Waals surface area contributed by atoms with Gasteiger partial charge in [0.1, 0.15) is 0 Å². The minimum absolute atomic E-state index is 0.0244. The molecule has 0 saturated carbocycles. The monoisotopic (exact) mass is 166 g/mol. The molecule has 0 aromatic rings. The summed E-state index contributed by atoms with van der Waals surface area (Å²) >= 11 is 0. The maximum absolute atomic E-state index is 10.1. The first-order valence-electron chi connectivity index (χ1n) is 4.56. The number of rotatable bonds is 0. The lowest BCUT2D eigenvalue weighted by molar-refractivity contribution is -0.111. The van der Waals surface area contributed by atoms with Crippen molar-refractivity contribution in [2.24, 2.45) is 0 Å². The van der Waals surface area contributed by atoms with E-state index in [1.54, 1.807) is 6.92 Å². The highest BCUT2D eigenvalue weighted by Crippen LogP contribution is 2.38. The summed E-state index contributed by atoms with van der Waals surface area (Å²) in [5.41, 5.74) is -0.845. The molecule has 0 spiro atoms. The first-order chi connectivity index (χ1) is 5.74. The van der Waals surface area contributed by atoms with Crippen LogP contribution in [-0.4, -0.2) is 22.9 Å². The molecule has 0 aromatic carbocycles. The minimum atomic E-state index is -0.845. The quantitative estimate of drug-likeness (QED) is 0.546. The molecule has 2 aliphatic heterocycles. The normalized spacial score (nSPS) is 45.2. The van der Waals surface area contributed by atoms with Crippen LogP contribution in [0.2, 0.25) is 0 Å². The second-order valence-electron chi connectivity index (χ2n) is 3.66. The van der Waals surface area contributed by atoms with E-state index in [9.17, 15) is 5.11 Å². The first kappa shape index (κ1) is 8.10. The van der Waals surface area contributed by atoms with Gasteiger partial charge in [0, 0.05) is 0 Å². The fourth-order valence-electron chi connectivity index (χ4n) is 2.17. The van der Waals surface area contributed by atoms with Gasteiger partial charge < -0.3 is 9.84 Å². The van der Waals surface area contributed by atoms with Crippen molar-refractivity contribution >= 4 is 0 Å². The van der Waals surface area contributed by atoms with Gasteiger partial charge in [-0.25, -0.2) is 0 Å². The van der Waals surface area contributed by atoms with Gasteiger partial charge in [0.2, 0.25) is 0 Å². The third kappa shape index (κ3) is 1.14. The Bertz CT molecular complexity index is 238. The van der Waals surface area contributed by atoms with Gasteiger partial charge in [-0.05, 0) is 32.6 Å². The summed E-state index contributed by atoms with van der Waals surface area (Å²) in [6.07, 6.45) is 4.18. The lowest BCUT2D eigenvalue weighted by Crippen LogP contribution is -2.44. The molecule has 12 heavy (non-hydrogen) atoms. The molecular weight excluding hydrogens is 152 g/mol. The molecule has 2 heterocycles. The van der Waals surface area contributed by atoms with E-state index < -0.39 is 5.60 Å². The molecule has 0 amide bonds. The van der Waals surface area contributed by atoms with Crippen molar-refractivity contribution in [1.82, 2.24) is 0 Å². The first-order valence-corrected chi connectivity index (χ1v) is 4.56. The molecule has 1 N–H and O–H groups in total. The Kier molecular flexibility index (Phi) is 1.86. The highest BCUT2D eigenvalue weighted by Gasteiger charge is 2.45. The van der Waals surface area contributed by atoms with Gasteiger partial charge in [-0.2, -0.15) is 0 Å². The van der Waals surface area contributed by atoms with Gasteiger partial charge in [-0.3, -0.25) is 0 Å². The average Bonchev–Trinajstić information content (AvgIpc) is 2.45. The molecular formula is C10H14O2. The summed E-state index contributed by atoms with van der Waals surface area (Å²) < 4.78 is 5.61. The van der Waals surface area contributed by atoms with Crippen LogP contribution in [-0.2, 0) is 4.74 Å². The Morgan fingerprint density at radius 3 is 3.00 bits per heavy atom. The zero-order valence-electron chi connectivity index (χ0n) is 7.34. The summed E-state index contributed by atoms with van der Waals surface area (Å²) in [5.74, 6) is 5.65. The van der Waals surface area contributed by atoms with Crippen molar-refractivity contribution in [2.75, 3.05) is 0 Å². The van der Waals surface area contributed by atoms with Crippen molar-refractivity contribution < 1.29 is 9.84 Å². The number of ether oxygens (including phenoxy) is 1. The average molecular weight is 166 g/mol. The zero-order chi connectivity index (χ0) is 8.60. The van der Waals surface area contributed by atoms with Crippen molar-refractivity contribution in [1.29, 1.82) is 0 Å². The standard InChI is InChI=1S/C10H14O2/c1-2-6-10(11)7-5-8-3-4-9(10)12-8/h8-9,11H,3-5,7H2,1H3. The van der Waals surface area contributed by atoms with Gasteiger partial charge in [-0.15, -0.1) is 5.92 Å². The summed E-state index contributed by atoms with van der Waals surface area (Å²) in [7, 11) is 0. The van der Waals surface area contributed by atoms with Gasteiger partial charge in [0.25, 0.3) is 0 Å². The Balaban J connectivity index is 2.19. The second-order valence-corrected chi connectivity index (χ2v) is 3.66. The summed E-state index contributed by atoms with van der Waals surface area (Å²) in [4.78, 5) is 0. The van der Waals surface area contributed by atoms with Crippen LogP contribution >= 0.6 is 0 Å². The predicted molar refractivity (Wildman–Crippen MR) is 45.5 cm³/mol. The summed E-state index contributed by atoms with van der Waals surface area (Å²) in [6.45, 7) is 1.76. The maximum Gasteiger partial charge on any atom is 0.151 e. The molecule has 2 rings (SSSR count). The van der Waals surface area contributed by atoms with E-state index in [1.807, 2.05) is 0 Å². The minimum Gasteiger partial charge on any atom is -0.375 e. The van der Waals surface area contributed by atoms with Gasteiger partial charge in [0.15, 0.2) is 5.60 Å². The predicted octanol–water partition coefficient (Wildman–Crippen LogP) is 1.08. The Morgan fingerprint density at radius 2 is 2.25 bits per heavy atom. The van der Waals surface area contributed by atoms with Crippen LogP contribution in [0.15, 0.2) is 0 Å². The molecule has 2 bridgehead atoms. The van der Waals surface area contributed by atoms with Crippen molar-refractivity contribution in [3.63, 3.8) is 0 Å². The third-order valence-electron chi connectivity index (χ3n) is 2.83. The Hall–Kier alpha value is -0.520. The van der Waals surface area contributed by atoms with Crippen molar-refractivity contribution in [2.45, 2.75) is 50.4 Å². The lowest BCUT2D eigenvalue weighted by atomic mass is 9.90. The molecule has 66 valence electrons. The van der Waals surface area contributed by atoms with E-state index in [0.29, 0.717) is 6.10 Å².